The minimum atomic E-state index is -0.373. The predicted molar refractivity (Wildman–Crippen MR) is 85.2 cm³/mol. The van der Waals surface area contributed by atoms with E-state index in [1.54, 1.807) is 6.07 Å². The molecule has 0 saturated carbocycles. The number of aromatic nitrogens is 1. The van der Waals surface area contributed by atoms with Gasteiger partial charge in [-0.25, -0.2) is 9.37 Å². The van der Waals surface area contributed by atoms with E-state index >= 15 is 0 Å². The zero-order valence-corrected chi connectivity index (χ0v) is 11.9. The van der Waals surface area contributed by atoms with Crippen LogP contribution in [-0.2, 0) is 0 Å². The summed E-state index contributed by atoms with van der Waals surface area (Å²) in [5, 5.41) is 3.86. The molecule has 0 aliphatic rings. The molecule has 0 radical (unpaired) electrons. The fraction of sp³-hybridized carbons (Fsp3) is 0. The molecule has 0 spiro atoms. The molecule has 0 fully saturated rings. The summed E-state index contributed by atoms with van der Waals surface area (Å²) in [6.45, 7) is 0. The smallest absolute Gasteiger partial charge is 0.188 e. The van der Waals surface area contributed by atoms with E-state index < -0.39 is 0 Å². The lowest BCUT2D eigenvalue weighted by Gasteiger charge is -2.08. The van der Waals surface area contributed by atoms with Crippen LogP contribution in [0.2, 0.25) is 0 Å². The number of halogens is 1. The molecule has 1 aromatic heterocycles. The lowest BCUT2D eigenvalue weighted by Crippen LogP contribution is -2.12. The highest BCUT2D eigenvalue weighted by Gasteiger charge is 2.09. The van der Waals surface area contributed by atoms with E-state index in [1.807, 2.05) is 24.3 Å². The van der Waals surface area contributed by atoms with E-state index in [1.165, 1.54) is 23.5 Å². The molecular formula is C14H10FN3S2. The van der Waals surface area contributed by atoms with Gasteiger partial charge in [0.1, 0.15) is 10.8 Å². The third-order valence-corrected chi connectivity index (χ3v) is 3.95. The Morgan fingerprint density at radius 3 is 2.80 bits per heavy atom. The number of anilines is 2. The van der Waals surface area contributed by atoms with Crippen molar-refractivity contribution in [3.8, 4) is 0 Å². The van der Waals surface area contributed by atoms with Gasteiger partial charge in [0.05, 0.1) is 15.9 Å². The average Bonchev–Trinajstić information content (AvgIpc) is 2.82. The summed E-state index contributed by atoms with van der Waals surface area (Å²) < 4.78 is 14.3. The zero-order valence-electron chi connectivity index (χ0n) is 10.3. The van der Waals surface area contributed by atoms with Crippen LogP contribution in [0.1, 0.15) is 5.56 Å². The quantitative estimate of drug-likeness (QED) is 0.722. The van der Waals surface area contributed by atoms with Crippen molar-refractivity contribution in [1.29, 1.82) is 0 Å². The van der Waals surface area contributed by atoms with Crippen molar-refractivity contribution >= 4 is 49.6 Å². The van der Waals surface area contributed by atoms with Crippen LogP contribution in [0, 0.1) is 5.82 Å². The van der Waals surface area contributed by atoms with Gasteiger partial charge in [0, 0.05) is 5.56 Å². The molecule has 0 amide bonds. The van der Waals surface area contributed by atoms with Crippen molar-refractivity contribution < 1.29 is 4.39 Å². The fourth-order valence-electron chi connectivity index (χ4n) is 1.87. The number of nitrogens with zero attached hydrogens (tertiary/aromatic N) is 1. The summed E-state index contributed by atoms with van der Waals surface area (Å²) in [7, 11) is 0. The molecule has 0 unspecified atom stereocenters. The van der Waals surface area contributed by atoms with E-state index in [-0.39, 0.29) is 10.8 Å². The number of benzene rings is 2. The summed E-state index contributed by atoms with van der Waals surface area (Å²) in [6.07, 6.45) is 0. The van der Waals surface area contributed by atoms with Crippen LogP contribution < -0.4 is 11.1 Å². The topological polar surface area (TPSA) is 50.9 Å². The molecule has 0 bridgehead atoms. The molecule has 3 nitrogen and oxygen atoms in total. The van der Waals surface area contributed by atoms with Gasteiger partial charge in [0.15, 0.2) is 5.13 Å². The van der Waals surface area contributed by atoms with Gasteiger partial charge in [-0.2, -0.15) is 0 Å². The van der Waals surface area contributed by atoms with Crippen molar-refractivity contribution in [3.63, 3.8) is 0 Å². The van der Waals surface area contributed by atoms with Gasteiger partial charge in [-0.3, -0.25) is 0 Å². The minimum Gasteiger partial charge on any atom is -0.389 e. The molecular weight excluding hydrogens is 293 g/mol. The van der Waals surface area contributed by atoms with Crippen LogP contribution in [-0.4, -0.2) is 9.97 Å². The van der Waals surface area contributed by atoms with Gasteiger partial charge >= 0.3 is 0 Å². The molecule has 0 atom stereocenters. The SMILES string of the molecule is NC(=S)c1cc(F)ccc1Nc1nc2ccccc2s1. The molecule has 3 rings (SSSR count). The molecule has 2 aromatic carbocycles. The first-order valence-electron chi connectivity index (χ1n) is 5.85. The number of thiocarbonyl (C=S) groups is 1. The van der Waals surface area contributed by atoms with Crippen molar-refractivity contribution in [2.45, 2.75) is 0 Å². The molecule has 0 aliphatic heterocycles. The number of fused-ring (bicyclic) bond motifs is 1. The van der Waals surface area contributed by atoms with Crippen molar-refractivity contribution in [2.24, 2.45) is 5.73 Å². The van der Waals surface area contributed by atoms with Gasteiger partial charge in [-0.05, 0) is 30.3 Å². The summed E-state index contributed by atoms with van der Waals surface area (Å²) in [5.74, 6) is -0.373. The Morgan fingerprint density at radius 2 is 2.05 bits per heavy atom. The summed E-state index contributed by atoms with van der Waals surface area (Å²) in [4.78, 5) is 4.61. The van der Waals surface area contributed by atoms with E-state index in [4.69, 9.17) is 18.0 Å². The average molecular weight is 303 g/mol. The Kier molecular flexibility index (Phi) is 3.33. The molecule has 1 heterocycles. The number of nitrogens with one attached hydrogen (secondary N) is 1. The normalized spacial score (nSPS) is 10.7. The maximum atomic E-state index is 13.3. The number of nitrogens with two attached hydrogens (primary N) is 1. The lowest BCUT2D eigenvalue weighted by molar-refractivity contribution is 0.628. The highest BCUT2D eigenvalue weighted by Crippen LogP contribution is 2.29. The maximum absolute atomic E-state index is 13.3. The predicted octanol–water partition coefficient (Wildman–Crippen LogP) is 3.81. The molecule has 6 heteroatoms. The zero-order chi connectivity index (χ0) is 14.1. The number of rotatable bonds is 3. The standard InChI is InChI=1S/C14H10FN3S2/c15-8-5-6-10(9(7-8)13(16)19)17-14-18-11-3-1-2-4-12(11)20-14/h1-7H,(H2,16,19)(H,17,18). The first kappa shape index (κ1) is 13.0. The van der Waals surface area contributed by atoms with Crippen LogP contribution in [0.25, 0.3) is 10.2 Å². The van der Waals surface area contributed by atoms with Crippen LogP contribution in [0.3, 0.4) is 0 Å². The second kappa shape index (κ2) is 5.15. The molecule has 3 N–H and O–H groups in total. The highest BCUT2D eigenvalue weighted by molar-refractivity contribution is 7.80. The second-order valence-electron chi connectivity index (χ2n) is 4.17. The summed E-state index contributed by atoms with van der Waals surface area (Å²) in [5.41, 5.74) is 7.66. The van der Waals surface area contributed by atoms with Crippen molar-refractivity contribution in [1.82, 2.24) is 4.98 Å². The Bertz CT molecular complexity index is 765. The molecule has 3 aromatic rings. The van der Waals surface area contributed by atoms with E-state index in [0.29, 0.717) is 11.3 Å². The van der Waals surface area contributed by atoms with E-state index in [2.05, 4.69) is 10.3 Å². The fourth-order valence-corrected chi connectivity index (χ4v) is 2.92. The monoisotopic (exact) mass is 303 g/mol. The maximum Gasteiger partial charge on any atom is 0.188 e. The molecule has 0 aliphatic carbocycles. The number of hydrogen-bond donors (Lipinski definition) is 2. The van der Waals surface area contributed by atoms with Gasteiger partial charge in [-0.1, -0.05) is 35.7 Å². The van der Waals surface area contributed by atoms with Crippen LogP contribution in [0.4, 0.5) is 15.2 Å². The number of thiazole rings is 1. The van der Waals surface area contributed by atoms with Crippen molar-refractivity contribution in [2.75, 3.05) is 5.32 Å². The van der Waals surface area contributed by atoms with Gasteiger partial charge < -0.3 is 11.1 Å². The third kappa shape index (κ3) is 2.48. The van der Waals surface area contributed by atoms with Crippen LogP contribution >= 0.6 is 23.6 Å². The Labute approximate surface area is 124 Å². The first-order chi connectivity index (χ1) is 9.63. The molecule has 0 saturated heterocycles. The first-order valence-corrected chi connectivity index (χ1v) is 7.08. The Balaban J connectivity index is 2.00. The van der Waals surface area contributed by atoms with Gasteiger partial charge in [-0.15, -0.1) is 0 Å². The van der Waals surface area contributed by atoms with E-state index in [9.17, 15) is 4.39 Å². The molecule has 20 heavy (non-hydrogen) atoms. The lowest BCUT2D eigenvalue weighted by atomic mass is 10.1. The van der Waals surface area contributed by atoms with E-state index in [0.717, 1.165) is 15.3 Å². The highest BCUT2D eigenvalue weighted by atomic mass is 32.1. The summed E-state index contributed by atoms with van der Waals surface area (Å²) in [6, 6.07) is 12.1. The van der Waals surface area contributed by atoms with Crippen LogP contribution in [0.5, 0.6) is 0 Å². The molecule has 100 valence electrons. The Hall–Kier alpha value is -2.05. The second-order valence-corrected chi connectivity index (χ2v) is 5.64. The van der Waals surface area contributed by atoms with Gasteiger partial charge in [0.25, 0.3) is 0 Å². The Morgan fingerprint density at radius 1 is 1.25 bits per heavy atom. The number of hydrogen-bond acceptors (Lipinski definition) is 4. The van der Waals surface area contributed by atoms with Crippen LogP contribution in [0.15, 0.2) is 42.5 Å². The number of para-hydroxylation sites is 1. The largest absolute Gasteiger partial charge is 0.389 e. The van der Waals surface area contributed by atoms with Crippen molar-refractivity contribution in [3.05, 3.63) is 53.8 Å². The summed E-state index contributed by atoms with van der Waals surface area (Å²) >= 11 is 6.46. The van der Waals surface area contributed by atoms with Gasteiger partial charge in [0.2, 0.25) is 0 Å². The minimum absolute atomic E-state index is 0.146. The third-order valence-electron chi connectivity index (χ3n) is 2.78.